The minimum absolute atomic E-state index is 0.134. The van der Waals surface area contributed by atoms with Crippen LogP contribution in [0.5, 0.6) is 0 Å². The van der Waals surface area contributed by atoms with Gasteiger partial charge in [-0.25, -0.2) is 4.21 Å². The molecule has 66 valence electrons. The van der Waals surface area contributed by atoms with E-state index in [1.165, 1.54) is 0 Å². The van der Waals surface area contributed by atoms with Crippen LogP contribution in [-0.4, -0.2) is 19.5 Å². The Morgan fingerprint density at radius 2 is 2.50 bits per heavy atom. The summed E-state index contributed by atoms with van der Waals surface area (Å²) < 4.78 is 19.0. The molecule has 12 heavy (non-hydrogen) atoms. The zero-order valence-electron chi connectivity index (χ0n) is 6.25. The molecule has 0 radical (unpaired) electrons. The summed E-state index contributed by atoms with van der Waals surface area (Å²) in [5.74, 6) is 0.134. The first-order valence-corrected chi connectivity index (χ1v) is 5.15. The minimum Gasteiger partial charge on any atom is -0.306 e. The molecule has 0 saturated carbocycles. The monoisotopic (exact) mass is 203 g/mol. The van der Waals surface area contributed by atoms with E-state index < -0.39 is 11.1 Å². The van der Waals surface area contributed by atoms with Crippen molar-refractivity contribution in [1.82, 2.24) is 4.98 Å². The average Bonchev–Trinajstić information content (AvgIpc) is 2.05. The lowest BCUT2D eigenvalue weighted by Gasteiger charge is -2.06. The summed E-state index contributed by atoms with van der Waals surface area (Å²) in [7, 11) is 0. The molecule has 1 aromatic rings. The van der Waals surface area contributed by atoms with Gasteiger partial charge in [-0.3, -0.25) is 4.98 Å². The second-order valence-electron chi connectivity index (χ2n) is 2.29. The van der Waals surface area contributed by atoms with Gasteiger partial charge in [-0.2, -0.15) is 12.6 Å². The molecule has 1 aromatic heterocycles. The van der Waals surface area contributed by atoms with E-state index in [0.717, 1.165) is 5.56 Å². The van der Waals surface area contributed by atoms with Crippen LogP contribution in [0.2, 0.25) is 0 Å². The van der Waals surface area contributed by atoms with E-state index in [-0.39, 0.29) is 11.0 Å². The Hall–Kier alpha value is -0.390. The molecule has 1 N–H and O–H groups in total. The molecule has 1 heterocycles. The highest BCUT2D eigenvalue weighted by Gasteiger charge is 2.08. The van der Waals surface area contributed by atoms with E-state index in [1.54, 1.807) is 18.5 Å². The van der Waals surface area contributed by atoms with E-state index in [0.29, 0.717) is 0 Å². The molecule has 0 aliphatic carbocycles. The predicted octanol–water partition coefficient (Wildman–Crippen LogP) is 1.27. The van der Waals surface area contributed by atoms with Gasteiger partial charge >= 0.3 is 0 Å². The van der Waals surface area contributed by atoms with Crippen molar-refractivity contribution in [2.75, 3.05) is 5.75 Å². The summed E-state index contributed by atoms with van der Waals surface area (Å²) in [6.45, 7) is 0. The fourth-order valence-electron chi connectivity index (χ4n) is 0.804. The van der Waals surface area contributed by atoms with Crippen LogP contribution in [0.1, 0.15) is 10.8 Å². The van der Waals surface area contributed by atoms with Crippen LogP contribution in [0, 0.1) is 0 Å². The van der Waals surface area contributed by atoms with Gasteiger partial charge in [0.2, 0.25) is 0 Å². The molecule has 0 aliphatic rings. The van der Waals surface area contributed by atoms with Crippen molar-refractivity contribution in [3.8, 4) is 0 Å². The highest BCUT2D eigenvalue weighted by molar-refractivity contribution is 7.83. The standard InChI is InChI=1S/C7H9NO2S2/c9-12(10)5-7(11)6-2-1-3-8-4-6/h1-4,7,11H,5H2,(H,9,10). The summed E-state index contributed by atoms with van der Waals surface area (Å²) in [5.41, 5.74) is 0.864. The molecule has 2 unspecified atom stereocenters. The first-order valence-electron chi connectivity index (χ1n) is 3.35. The summed E-state index contributed by atoms with van der Waals surface area (Å²) in [6.07, 6.45) is 3.30. The average molecular weight is 203 g/mol. The van der Waals surface area contributed by atoms with Gasteiger partial charge in [0.15, 0.2) is 11.1 Å². The van der Waals surface area contributed by atoms with Crippen molar-refractivity contribution >= 4 is 23.7 Å². The maximum Gasteiger partial charge on any atom is 0.154 e. The highest BCUT2D eigenvalue weighted by Crippen LogP contribution is 2.18. The Balaban J connectivity index is 2.65. The maximum atomic E-state index is 10.4. The number of pyridine rings is 1. The summed E-state index contributed by atoms with van der Waals surface area (Å²) >= 11 is 2.37. The van der Waals surface area contributed by atoms with Crippen LogP contribution in [0.3, 0.4) is 0 Å². The largest absolute Gasteiger partial charge is 0.306 e. The van der Waals surface area contributed by atoms with E-state index in [1.807, 2.05) is 6.07 Å². The topological polar surface area (TPSA) is 50.2 Å². The Kier molecular flexibility index (Phi) is 3.71. The van der Waals surface area contributed by atoms with Crippen LogP contribution in [0.15, 0.2) is 24.5 Å². The molecule has 0 saturated heterocycles. The van der Waals surface area contributed by atoms with Gasteiger partial charge in [-0.1, -0.05) is 6.07 Å². The number of hydrogen-bond donors (Lipinski definition) is 2. The fourth-order valence-corrected chi connectivity index (χ4v) is 1.80. The molecule has 0 fully saturated rings. The van der Waals surface area contributed by atoms with Crippen molar-refractivity contribution in [2.45, 2.75) is 5.25 Å². The molecule has 0 bridgehead atoms. The van der Waals surface area contributed by atoms with Crippen LogP contribution in [0.4, 0.5) is 0 Å². The van der Waals surface area contributed by atoms with Crippen LogP contribution < -0.4 is 0 Å². The van der Waals surface area contributed by atoms with Crippen molar-refractivity contribution in [3.63, 3.8) is 0 Å². The van der Waals surface area contributed by atoms with Gasteiger partial charge in [0.05, 0.1) is 5.75 Å². The second-order valence-corrected chi connectivity index (χ2v) is 3.89. The van der Waals surface area contributed by atoms with Gasteiger partial charge in [-0.15, -0.1) is 0 Å². The third-order valence-electron chi connectivity index (χ3n) is 1.37. The van der Waals surface area contributed by atoms with Crippen LogP contribution >= 0.6 is 12.6 Å². The zero-order valence-corrected chi connectivity index (χ0v) is 7.96. The van der Waals surface area contributed by atoms with E-state index in [9.17, 15) is 4.21 Å². The summed E-state index contributed by atoms with van der Waals surface area (Å²) in [6, 6.07) is 3.61. The van der Waals surface area contributed by atoms with Gasteiger partial charge < -0.3 is 4.55 Å². The van der Waals surface area contributed by atoms with Crippen molar-refractivity contribution in [3.05, 3.63) is 30.1 Å². The third kappa shape index (κ3) is 2.92. The van der Waals surface area contributed by atoms with Crippen molar-refractivity contribution in [1.29, 1.82) is 0 Å². The number of nitrogens with zero attached hydrogens (tertiary/aromatic N) is 1. The summed E-state index contributed by atoms with van der Waals surface area (Å²) in [4.78, 5) is 3.88. The first kappa shape index (κ1) is 9.70. The highest BCUT2D eigenvalue weighted by atomic mass is 32.2. The lowest BCUT2D eigenvalue weighted by Crippen LogP contribution is -2.03. The SMILES string of the molecule is O=S(O)CC(S)c1cccnc1. The summed E-state index contributed by atoms with van der Waals surface area (Å²) in [5, 5.41) is -0.218. The molecule has 0 spiro atoms. The van der Waals surface area contributed by atoms with Crippen molar-refractivity contribution < 1.29 is 8.76 Å². The second kappa shape index (κ2) is 4.59. The molecule has 0 aliphatic heterocycles. The smallest absolute Gasteiger partial charge is 0.154 e. The Bertz CT molecular complexity index is 265. The molecule has 0 amide bonds. The molecule has 2 atom stereocenters. The van der Waals surface area contributed by atoms with E-state index in [2.05, 4.69) is 17.6 Å². The van der Waals surface area contributed by atoms with Gasteiger partial charge in [0.25, 0.3) is 0 Å². The molecule has 1 rings (SSSR count). The predicted molar refractivity (Wildman–Crippen MR) is 51.6 cm³/mol. The normalized spacial score (nSPS) is 15.5. The van der Waals surface area contributed by atoms with Crippen LogP contribution in [-0.2, 0) is 11.1 Å². The Morgan fingerprint density at radius 1 is 1.75 bits per heavy atom. The molecular formula is C7H9NO2S2. The van der Waals surface area contributed by atoms with Gasteiger partial charge in [0.1, 0.15) is 0 Å². The molecular weight excluding hydrogens is 194 g/mol. The number of hydrogen-bond acceptors (Lipinski definition) is 3. The number of rotatable bonds is 3. The quantitative estimate of drug-likeness (QED) is 0.574. The van der Waals surface area contributed by atoms with Gasteiger partial charge in [0, 0.05) is 17.6 Å². The van der Waals surface area contributed by atoms with Crippen LogP contribution in [0.25, 0.3) is 0 Å². The lowest BCUT2D eigenvalue weighted by atomic mass is 10.2. The molecule has 0 aromatic carbocycles. The van der Waals surface area contributed by atoms with Gasteiger partial charge in [-0.05, 0) is 11.6 Å². The number of aromatic nitrogens is 1. The zero-order chi connectivity index (χ0) is 8.97. The number of thiol groups is 1. The van der Waals surface area contributed by atoms with Crippen molar-refractivity contribution in [2.24, 2.45) is 0 Å². The molecule has 5 heteroatoms. The fraction of sp³-hybridized carbons (Fsp3) is 0.286. The third-order valence-corrected chi connectivity index (χ3v) is 2.72. The van der Waals surface area contributed by atoms with E-state index in [4.69, 9.17) is 4.55 Å². The molecule has 3 nitrogen and oxygen atoms in total. The Labute approximate surface area is 78.9 Å². The lowest BCUT2D eigenvalue weighted by molar-refractivity contribution is 0.563. The Morgan fingerprint density at radius 3 is 3.00 bits per heavy atom. The van der Waals surface area contributed by atoms with E-state index >= 15 is 0 Å². The first-order chi connectivity index (χ1) is 5.70. The maximum absolute atomic E-state index is 10.4. The minimum atomic E-state index is -1.80.